The maximum Gasteiger partial charge on any atom is 0.120 e. The van der Waals surface area contributed by atoms with Gasteiger partial charge in [-0.25, -0.2) is 0 Å². The van der Waals surface area contributed by atoms with Gasteiger partial charge in [0.2, 0.25) is 0 Å². The Bertz CT molecular complexity index is 364. The van der Waals surface area contributed by atoms with E-state index >= 15 is 0 Å². The minimum absolute atomic E-state index is 0.0119. The molecule has 2 nitrogen and oxygen atoms in total. The van der Waals surface area contributed by atoms with Crippen LogP contribution in [-0.2, 0) is 6.61 Å². The van der Waals surface area contributed by atoms with Crippen molar-refractivity contribution in [1.82, 2.24) is 0 Å². The summed E-state index contributed by atoms with van der Waals surface area (Å²) in [5.41, 5.74) is 0.654. The Balaban J connectivity index is 2.90. The van der Waals surface area contributed by atoms with Crippen molar-refractivity contribution in [2.24, 2.45) is 0 Å². The van der Waals surface area contributed by atoms with Crippen LogP contribution in [0.4, 0.5) is 0 Å². The van der Waals surface area contributed by atoms with Gasteiger partial charge in [0, 0.05) is 5.56 Å². The van der Waals surface area contributed by atoms with Gasteiger partial charge >= 0.3 is 0 Å². The van der Waals surface area contributed by atoms with Crippen LogP contribution in [0.2, 0.25) is 0 Å². The fraction of sp³-hybridized carbons (Fsp3) is 0.333. The smallest absolute Gasteiger partial charge is 0.120 e. The van der Waals surface area contributed by atoms with Gasteiger partial charge in [-0.3, -0.25) is 0 Å². The summed E-state index contributed by atoms with van der Waals surface area (Å²) < 4.78 is 0. The number of hydrogen-bond acceptors (Lipinski definition) is 2. The molecule has 0 aliphatic heterocycles. The molecular formula is C12H14O2. The van der Waals surface area contributed by atoms with Crippen molar-refractivity contribution >= 4 is 0 Å². The third-order valence-electron chi connectivity index (χ3n) is 1.62. The summed E-state index contributed by atoms with van der Waals surface area (Å²) in [6.45, 7) is 3.28. The van der Waals surface area contributed by atoms with Gasteiger partial charge in [0.15, 0.2) is 0 Å². The Morgan fingerprint density at radius 1 is 1.36 bits per heavy atom. The van der Waals surface area contributed by atoms with E-state index in [1.807, 2.05) is 18.2 Å². The van der Waals surface area contributed by atoms with Crippen LogP contribution in [-0.4, -0.2) is 15.8 Å². The Morgan fingerprint density at radius 2 is 2.07 bits per heavy atom. The molecule has 1 aromatic rings. The third kappa shape index (κ3) is 3.61. The molecule has 0 aliphatic rings. The van der Waals surface area contributed by atoms with Crippen molar-refractivity contribution in [2.75, 3.05) is 0 Å². The van der Waals surface area contributed by atoms with E-state index in [9.17, 15) is 5.11 Å². The van der Waals surface area contributed by atoms with Crippen LogP contribution < -0.4 is 0 Å². The lowest BCUT2D eigenvalue weighted by atomic mass is 10.1. The molecular weight excluding hydrogens is 176 g/mol. The van der Waals surface area contributed by atoms with E-state index in [1.54, 1.807) is 19.9 Å². The average molecular weight is 190 g/mol. The van der Waals surface area contributed by atoms with E-state index in [0.29, 0.717) is 0 Å². The molecule has 2 heteroatoms. The predicted octanol–water partition coefficient (Wildman–Crippen LogP) is 1.30. The lowest BCUT2D eigenvalue weighted by Crippen LogP contribution is -2.14. The van der Waals surface area contributed by atoms with E-state index in [0.717, 1.165) is 11.1 Å². The second-order valence-electron chi connectivity index (χ2n) is 3.67. The van der Waals surface area contributed by atoms with Gasteiger partial charge in [0.25, 0.3) is 0 Å². The number of aliphatic hydroxyl groups excluding tert-OH is 1. The van der Waals surface area contributed by atoms with Gasteiger partial charge in [-0.2, -0.15) is 0 Å². The Labute approximate surface area is 84.2 Å². The van der Waals surface area contributed by atoms with Crippen LogP contribution in [0.5, 0.6) is 0 Å². The Hall–Kier alpha value is -1.30. The summed E-state index contributed by atoms with van der Waals surface area (Å²) in [5.74, 6) is 5.56. The lowest BCUT2D eigenvalue weighted by Gasteiger charge is -2.06. The highest BCUT2D eigenvalue weighted by molar-refractivity contribution is 5.38. The van der Waals surface area contributed by atoms with Crippen LogP contribution in [0.25, 0.3) is 0 Å². The molecule has 74 valence electrons. The van der Waals surface area contributed by atoms with Gasteiger partial charge in [-0.05, 0) is 31.5 Å². The maximum atomic E-state index is 9.38. The summed E-state index contributed by atoms with van der Waals surface area (Å²) in [6, 6.07) is 7.31. The molecule has 1 aromatic carbocycles. The highest BCUT2D eigenvalue weighted by Crippen LogP contribution is 2.05. The van der Waals surface area contributed by atoms with E-state index in [4.69, 9.17) is 5.11 Å². The summed E-state index contributed by atoms with van der Waals surface area (Å²) in [5, 5.41) is 18.3. The zero-order valence-corrected chi connectivity index (χ0v) is 8.41. The number of rotatable bonds is 1. The SMILES string of the molecule is CC(C)(O)C#Cc1cccc(CO)c1. The Morgan fingerprint density at radius 3 is 2.64 bits per heavy atom. The fourth-order valence-corrected chi connectivity index (χ4v) is 0.973. The summed E-state index contributed by atoms with van der Waals surface area (Å²) in [7, 11) is 0. The second kappa shape index (κ2) is 4.28. The van der Waals surface area contributed by atoms with Crippen LogP contribution in [0, 0.1) is 11.8 Å². The maximum absolute atomic E-state index is 9.38. The zero-order valence-electron chi connectivity index (χ0n) is 8.41. The highest BCUT2D eigenvalue weighted by atomic mass is 16.3. The molecule has 1 rings (SSSR count). The Kier molecular flexibility index (Phi) is 3.29. The minimum Gasteiger partial charge on any atom is -0.392 e. The average Bonchev–Trinajstić information content (AvgIpc) is 2.14. The molecule has 0 radical (unpaired) electrons. The number of aliphatic hydroxyl groups is 2. The topological polar surface area (TPSA) is 40.5 Å². The minimum atomic E-state index is -0.977. The standard InChI is InChI=1S/C12H14O2/c1-12(2,14)7-6-10-4-3-5-11(8-10)9-13/h3-5,8,13-14H,9H2,1-2H3. The normalized spacial score (nSPS) is 10.6. The van der Waals surface area contributed by atoms with Crippen LogP contribution in [0.15, 0.2) is 24.3 Å². The van der Waals surface area contributed by atoms with Gasteiger partial charge in [-0.1, -0.05) is 24.0 Å². The summed E-state index contributed by atoms with van der Waals surface area (Å²) in [6.07, 6.45) is 0. The molecule has 2 N–H and O–H groups in total. The molecule has 0 spiro atoms. The molecule has 0 atom stereocenters. The monoisotopic (exact) mass is 190 g/mol. The van der Waals surface area contributed by atoms with Crippen molar-refractivity contribution in [3.8, 4) is 11.8 Å². The molecule has 14 heavy (non-hydrogen) atoms. The summed E-state index contributed by atoms with van der Waals surface area (Å²) >= 11 is 0. The molecule has 0 heterocycles. The van der Waals surface area contributed by atoms with E-state index in [1.165, 1.54) is 0 Å². The number of hydrogen-bond donors (Lipinski definition) is 2. The fourth-order valence-electron chi connectivity index (χ4n) is 0.973. The molecule has 0 bridgehead atoms. The van der Waals surface area contributed by atoms with Gasteiger partial charge in [0.05, 0.1) is 6.61 Å². The largest absolute Gasteiger partial charge is 0.392 e. The molecule has 0 saturated heterocycles. The van der Waals surface area contributed by atoms with Crippen molar-refractivity contribution in [2.45, 2.75) is 26.1 Å². The predicted molar refractivity (Wildman–Crippen MR) is 55.5 cm³/mol. The molecule has 0 saturated carbocycles. The lowest BCUT2D eigenvalue weighted by molar-refractivity contribution is 0.143. The van der Waals surface area contributed by atoms with Crippen molar-refractivity contribution in [1.29, 1.82) is 0 Å². The van der Waals surface area contributed by atoms with Crippen molar-refractivity contribution in [3.63, 3.8) is 0 Å². The highest BCUT2D eigenvalue weighted by Gasteiger charge is 2.05. The first kappa shape index (κ1) is 10.8. The molecule has 0 unspecified atom stereocenters. The van der Waals surface area contributed by atoms with E-state index in [-0.39, 0.29) is 6.61 Å². The quantitative estimate of drug-likeness (QED) is 0.655. The van der Waals surface area contributed by atoms with Crippen LogP contribution in [0.3, 0.4) is 0 Å². The second-order valence-corrected chi connectivity index (χ2v) is 3.67. The number of benzene rings is 1. The van der Waals surface area contributed by atoms with Crippen molar-refractivity contribution in [3.05, 3.63) is 35.4 Å². The molecule has 0 fully saturated rings. The third-order valence-corrected chi connectivity index (χ3v) is 1.62. The first-order valence-electron chi connectivity index (χ1n) is 4.46. The first-order valence-corrected chi connectivity index (χ1v) is 4.46. The van der Waals surface area contributed by atoms with E-state index < -0.39 is 5.60 Å². The van der Waals surface area contributed by atoms with E-state index in [2.05, 4.69) is 11.8 Å². The van der Waals surface area contributed by atoms with Gasteiger partial charge in [-0.15, -0.1) is 0 Å². The van der Waals surface area contributed by atoms with Crippen LogP contribution >= 0.6 is 0 Å². The molecule has 0 aromatic heterocycles. The first-order chi connectivity index (χ1) is 6.51. The van der Waals surface area contributed by atoms with Crippen molar-refractivity contribution < 1.29 is 10.2 Å². The van der Waals surface area contributed by atoms with Gasteiger partial charge in [0.1, 0.15) is 5.60 Å². The summed E-state index contributed by atoms with van der Waals surface area (Å²) in [4.78, 5) is 0. The molecule has 0 aliphatic carbocycles. The zero-order chi connectivity index (χ0) is 10.6. The van der Waals surface area contributed by atoms with Crippen LogP contribution in [0.1, 0.15) is 25.0 Å². The van der Waals surface area contributed by atoms with Gasteiger partial charge < -0.3 is 10.2 Å². The molecule has 0 amide bonds.